The third-order valence-corrected chi connectivity index (χ3v) is 6.50. The Kier molecular flexibility index (Phi) is 6.24. The van der Waals surface area contributed by atoms with Crippen LogP contribution in [0.2, 0.25) is 5.02 Å². The first-order valence-corrected chi connectivity index (χ1v) is 12.0. The van der Waals surface area contributed by atoms with Crippen molar-refractivity contribution in [2.45, 2.75) is 32.7 Å². The Morgan fingerprint density at radius 2 is 1.97 bits per heavy atom. The number of carbonyl (C=O) groups is 1. The predicted octanol–water partition coefficient (Wildman–Crippen LogP) is 4.37. The summed E-state index contributed by atoms with van der Waals surface area (Å²) in [6.45, 7) is 4.29. The van der Waals surface area contributed by atoms with Crippen LogP contribution in [0.4, 0.5) is 6.01 Å². The molecule has 1 aliphatic rings. The fourth-order valence-electron chi connectivity index (χ4n) is 4.53. The van der Waals surface area contributed by atoms with Gasteiger partial charge in [-0.05, 0) is 49.6 Å². The van der Waals surface area contributed by atoms with Gasteiger partial charge in [0.1, 0.15) is 11.3 Å². The highest BCUT2D eigenvalue weighted by Gasteiger charge is 2.30. The van der Waals surface area contributed by atoms with Crippen molar-refractivity contribution in [1.82, 2.24) is 19.9 Å². The number of benzene rings is 2. The van der Waals surface area contributed by atoms with Gasteiger partial charge in [-0.25, -0.2) is 4.98 Å². The topological polar surface area (TPSA) is 95.3 Å². The summed E-state index contributed by atoms with van der Waals surface area (Å²) in [5.74, 6) is 0.465. The zero-order chi connectivity index (χ0) is 23.7. The Morgan fingerprint density at radius 3 is 2.74 bits per heavy atom. The van der Waals surface area contributed by atoms with Crippen molar-refractivity contribution in [1.29, 1.82) is 0 Å². The van der Waals surface area contributed by atoms with E-state index in [0.717, 1.165) is 30.4 Å². The van der Waals surface area contributed by atoms with Gasteiger partial charge >= 0.3 is 0 Å². The number of hydrogen-bond acceptors (Lipinski definition) is 6. The lowest BCUT2D eigenvalue weighted by Gasteiger charge is -2.33. The molecule has 1 fully saturated rings. The first-order chi connectivity index (χ1) is 16.5. The number of aromatic amines is 1. The Labute approximate surface area is 201 Å². The van der Waals surface area contributed by atoms with E-state index in [1.165, 1.54) is 0 Å². The Balaban J connectivity index is 1.28. The van der Waals surface area contributed by atoms with Crippen molar-refractivity contribution in [2.24, 2.45) is 5.92 Å². The summed E-state index contributed by atoms with van der Waals surface area (Å²) in [6, 6.07) is 13.3. The summed E-state index contributed by atoms with van der Waals surface area (Å²) in [7, 11) is 0. The number of H-pyrrole nitrogens is 1. The van der Waals surface area contributed by atoms with Crippen LogP contribution in [0.15, 0.2) is 51.7 Å². The number of halogens is 1. The number of para-hydroxylation sites is 2. The molecule has 0 atom stereocenters. The van der Waals surface area contributed by atoms with Crippen LogP contribution in [0.25, 0.3) is 22.0 Å². The second kappa shape index (κ2) is 9.46. The lowest BCUT2D eigenvalue weighted by atomic mass is 9.95. The van der Waals surface area contributed by atoms with Crippen LogP contribution in [0.5, 0.6) is 0 Å². The molecule has 0 radical (unpaired) electrons. The molecular formula is C25H26ClN5O3. The molecule has 0 saturated carbocycles. The SMILES string of the molecule is CCCN(Cc1nc2cc(Cl)ccc2c(=O)[nH]1)C(=O)C1CCN(c2nc3ccccc3o2)CC1. The molecule has 1 aliphatic heterocycles. The van der Waals surface area contributed by atoms with Crippen molar-refractivity contribution in [3.63, 3.8) is 0 Å². The van der Waals surface area contributed by atoms with Crippen LogP contribution < -0.4 is 10.5 Å². The number of aromatic nitrogens is 3. The molecule has 4 aromatic rings. The van der Waals surface area contributed by atoms with Gasteiger partial charge in [0.15, 0.2) is 5.58 Å². The summed E-state index contributed by atoms with van der Waals surface area (Å²) in [5.41, 5.74) is 1.90. The number of rotatable bonds is 6. The number of fused-ring (bicyclic) bond motifs is 2. The number of nitrogens with zero attached hydrogens (tertiary/aromatic N) is 4. The van der Waals surface area contributed by atoms with E-state index in [1.54, 1.807) is 23.1 Å². The molecule has 8 nitrogen and oxygen atoms in total. The fraction of sp³-hybridized carbons (Fsp3) is 0.360. The van der Waals surface area contributed by atoms with Crippen LogP contribution >= 0.6 is 11.6 Å². The van der Waals surface area contributed by atoms with Crippen molar-refractivity contribution >= 4 is 45.5 Å². The maximum absolute atomic E-state index is 13.4. The molecule has 0 bridgehead atoms. The van der Waals surface area contributed by atoms with E-state index in [-0.39, 0.29) is 23.9 Å². The minimum Gasteiger partial charge on any atom is -0.423 e. The molecule has 9 heteroatoms. The van der Waals surface area contributed by atoms with Crippen molar-refractivity contribution < 1.29 is 9.21 Å². The van der Waals surface area contributed by atoms with Gasteiger partial charge in [0.2, 0.25) is 5.91 Å². The highest BCUT2D eigenvalue weighted by Crippen LogP contribution is 2.27. The maximum atomic E-state index is 13.4. The van der Waals surface area contributed by atoms with Crippen molar-refractivity contribution in [3.8, 4) is 0 Å². The molecule has 0 unspecified atom stereocenters. The number of amides is 1. The molecule has 0 spiro atoms. The number of piperidine rings is 1. The summed E-state index contributed by atoms with van der Waals surface area (Å²) in [5, 5.41) is 0.997. The van der Waals surface area contributed by atoms with Crippen LogP contribution in [0.1, 0.15) is 32.0 Å². The zero-order valence-electron chi connectivity index (χ0n) is 19.0. The van der Waals surface area contributed by atoms with Gasteiger partial charge in [-0.3, -0.25) is 9.59 Å². The maximum Gasteiger partial charge on any atom is 0.298 e. The van der Waals surface area contributed by atoms with Crippen LogP contribution in [-0.4, -0.2) is 45.4 Å². The highest BCUT2D eigenvalue weighted by molar-refractivity contribution is 6.31. The number of carbonyl (C=O) groups excluding carboxylic acids is 1. The van der Waals surface area contributed by atoms with Gasteiger partial charge < -0.3 is 19.2 Å². The molecule has 0 aliphatic carbocycles. The third kappa shape index (κ3) is 4.50. The number of hydrogen-bond donors (Lipinski definition) is 1. The normalized spacial score (nSPS) is 14.7. The highest BCUT2D eigenvalue weighted by atomic mass is 35.5. The average molecular weight is 480 g/mol. The Morgan fingerprint density at radius 1 is 1.18 bits per heavy atom. The van der Waals surface area contributed by atoms with Gasteiger partial charge in [-0.2, -0.15) is 4.98 Å². The Bertz CT molecular complexity index is 1360. The number of nitrogens with one attached hydrogen (secondary N) is 1. The lowest BCUT2D eigenvalue weighted by Crippen LogP contribution is -2.43. The first-order valence-electron chi connectivity index (χ1n) is 11.6. The molecular weight excluding hydrogens is 454 g/mol. The number of oxazole rings is 1. The van der Waals surface area contributed by atoms with Gasteiger partial charge in [0.25, 0.3) is 11.6 Å². The van der Waals surface area contributed by atoms with Crippen LogP contribution in [0, 0.1) is 5.92 Å². The van der Waals surface area contributed by atoms with Gasteiger partial charge in [-0.15, -0.1) is 0 Å². The molecule has 1 N–H and O–H groups in total. The zero-order valence-corrected chi connectivity index (χ0v) is 19.7. The molecule has 1 amide bonds. The molecule has 5 rings (SSSR count). The van der Waals surface area contributed by atoms with E-state index in [4.69, 9.17) is 16.0 Å². The monoisotopic (exact) mass is 479 g/mol. The van der Waals surface area contributed by atoms with E-state index < -0.39 is 0 Å². The Hall–Kier alpha value is -3.39. The van der Waals surface area contributed by atoms with Crippen molar-refractivity contribution in [3.05, 3.63) is 63.7 Å². The van der Waals surface area contributed by atoms with E-state index >= 15 is 0 Å². The van der Waals surface area contributed by atoms with E-state index in [9.17, 15) is 9.59 Å². The van der Waals surface area contributed by atoms with Gasteiger partial charge in [-0.1, -0.05) is 30.7 Å². The molecule has 2 aromatic heterocycles. The molecule has 2 aromatic carbocycles. The second-order valence-corrected chi connectivity index (χ2v) is 9.10. The summed E-state index contributed by atoms with van der Waals surface area (Å²) in [6.07, 6.45) is 2.25. The largest absolute Gasteiger partial charge is 0.423 e. The second-order valence-electron chi connectivity index (χ2n) is 8.66. The number of anilines is 1. The standard InChI is InChI=1S/C25H26ClN5O3/c1-2-11-31(15-22-27-20-14-17(26)7-8-18(20)23(32)29-22)24(33)16-9-12-30(13-10-16)25-28-19-5-3-4-6-21(19)34-25/h3-8,14,16H,2,9-13,15H2,1H3,(H,27,29,32). The summed E-state index contributed by atoms with van der Waals surface area (Å²) < 4.78 is 5.89. The lowest BCUT2D eigenvalue weighted by molar-refractivity contribution is -0.137. The molecule has 34 heavy (non-hydrogen) atoms. The predicted molar refractivity (Wildman–Crippen MR) is 132 cm³/mol. The van der Waals surface area contributed by atoms with Crippen molar-refractivity contribution in [2.75, 3.05) is 24.5 Å². The van der Waals surface area contributed by atoms with Crippen LogP contribution in [-0.2, 0) is 11.3 Å². The molecule has 176 valence electrons. The van der Waals surface area contributed by atoms with E-state index in [2.05, 4.69) is 19.9 Å². The van der Waals surface area contributed by atoms with E-state index in [1.807, 2.05) is 31.2 Å². The minimum atomic E-state index is -0.229. The van der Waals surface area contributed by atoms with Gasteiger partial charge in [0, 0.05) is 30.6 Å². The summed E-state index contributed by atoms with van der Waals surface area (Å²) >= 11 is 6.08. The third-order valence-electron chi connectivity index (χ3n) is 6.26. The molecule has 1 saturated heterocycles. The smallest absolute Gasteiger partial charge is 0.298 e. The van der Waals surface area contributed by atoms with Crippen LogP contribution in [0.3, 0.4) is 0 Å². The quantitative estimate of drug-likeness (QED) is 0.441. The van der Waals surface area contributed by atoms with E-state index in [0.29, 0.717) is 47.4 Å². The average Bonchev–Trinajstić information content (AvgIpc) is 3.27. The minimum absolute atomic E-state index is 0.0891. The molecule has 3 heterocycles. The fourth-order valence-corrected chi connectivity index (χ4v) is 4.69. The first kappa shape index (κ1) is 22.4. The summed E-state index contributed by atoms with van der Waals surface area (Å²) in [4.78, 5) is 41.8. The van der Waals surface area contributed by atoms with Gasteiger partial charge in [0.05, 0.1) is 17.4 Å².